The first-order valence-corrected chi connectivity index (χ1v) is 5.75. The van der Waals surface area contributed by atoms with Gasteiger partial charge in [-0.25, -0.2) is 0 Å². The largest absolute Gasteiger partial charge is 0.323 e. The van der Waals surface area contributed by atoms with Gasteiger partial charge in [-0.05, 0) is 30.5 Å². The van der Waals surface area contributed by atoms with Crippen molar-refractivity contribution < 1.29 is 0 Å². The van der Waals surface area contributed by atoms with Gasteiger partial charge in [0.15, 0.2) is 0 Å². The normalized spacial score (nSPS) is 19.3. The number of hydrogen-bond acceptors (Lipinski definition) is 3. The second kappa shape index (κ2) is 5.24. The Hall–Kier alpha value is -0.930. The second-order valence-corrected chi connectivity index (χ2v) is 4.28. The van der Waals surface area contributed by atoms with E-state index in [0.29, 0.717) is 6.04 Å². The van der Waals surface area contributed by atoms with E-state index in [9.17, 15) is 0 Å². The van der Waals surface area contributed by atoms with Gasteiger partial charge >= 0.3 is 0 Å². The van der Waals surface area contributed by atoms with Crippen LogP contribution in [0.3, 0.4) is 0 Å². The van der Waals surface area contributed by atoms with Crippen LogP contribution in [0.2, 0.25) is 0 Å². The molecule has 2 rings (SSSR count). The van der Waals surface area contributed by atoms with Crippen LogP contribution in [0, 0.1) is 0 Å². The molecule has 1 saturated carbocycles. The molecule has 1 unspecified atom stereocenters. The smallest absolute Gasteiger partial charge is 0.0422 e. The Bertz CT molecular complexity index is 280. The highest BCUT2D eigenvalue weighted by atomic mass is 14.9. The van der Waals surface area contributed by atoms with Crippen LogP contribution >= 0.6 is 0 Å². The molecule has 0 spiro atoms. The Morgan fingerprint density at radius 1 is 1.33 bits per heavy atom. The van der Waals surface area contributed by atoms with Crippen LogP contribution in [0.1, 0.15) is 37.3 Å². The lowest BCUT2D eigenvalue weighted by Gasteiger charge is -2.16. The predicted octanol–water partition coefficient (Wildman–Crippen LogP) is 1.61. The zero-order valence-corrected chi connectivity index (χ0v) is 9.02. The monoisotopic (exact) mass is 205 g/mol. The molecule has 0 amide bonds. The van der Waals surface area contributed by atoms with Crippen molar-refractivity contribution >= 4 is 0 Å². The number of pyridine rings is 1. The summed E-state index contributed by atoms with van der Waals surface area (Å²) in [6.07, 6.45) is 8.94. The lowest BCUT2D eigenvalue weighted by atomic mass is 10.1. The maximum Gasteiger partial charge on any atom is 0.0422 e. The predicted molar refractivity (Wildman–Crippen MR) is 61.4 cm³/mol. The maximum absolute atomic E-state index is 6.08. The molecule has 1 heterocycles. The summed E-state index contributed by atoms with van der Waals surface area (Å²) in [5.41, 5.74) is 7.25. The van der Waals surface area contributed by atoms with E-state index in [-0.39, 0.29) is 6.04 Å². The van der Waals surface area contributed by atoms with Crippen molar-refractivity contribution in [2.75, 3.05) is 6.54 Å². The van der Waals surface area contributed by atoms with Crippen LogP contribution in [0.15, 0.2) is 24.5 Å². The fraction of sp³-hybridized carbons (Fsp3) is 0.583. The van der Waals surface area contributed by atoms with E-state index in [2.05, 4.69) is 10.3 Å². The van der Waals surface area contributed by atoms with Gasteiger partial charge in [0.2, 0.25) is 0 Å². The number of nitrogens with two attached hydrogens (primary N) is 1. The lowest BCUT2D eigenvalue weighted by molar-refractivity contribution is 0.492. The molecule has 0 radical (unpaired) electrons. The van der Waals surface area contributed by atoms with Crippen LogP contribution < -0.4 is 11.1 Å². The van der Waals surface area contributed by atoms with E-state index in [1.807, 2.05) is 12.1 Å². The fourth-order valence-corrected chi connectivity index (χ4v) is 2.15. The second-order valence-electron chi connectivity index (χ2n) is 4.28. The van der Waals surface area contributed by atoms with E-state index in [4.69, 9.17) is 5.73 Å². The van der Waals surface area contributed by atoms with Gasteiger partial charge in [-0.2, -0.15) is 0 Å². The summed E-state index contributed by atoms with van der Waals surface area (Å²) in [6, 6.07) is 4.76. The van der Waals surface area contributed by atoms with Crippen molar-refractivity contribution in [3.05, 3.63) is 30.1 Å². The Morgan fingerprint density at radius 3 is 2.67 bits per heavy atom. The highest BCUT2D eigenvalue weighted by molar-refractivity contribution is 5.14. The molecule has 15 heavy (non-hydrogen) atoms. The molecule has 0 bridgehead atoms. The van der Waals surface area contributed by atoms with Gasteiger partial charge in [-0.15, -0.1) is 0 Å². The summed E-state index contributed by atoms with van der Waals surface area (Å²) in [4.78, 5) is 3.99. The Labute approximate surface area is 91.1 Å². The van der Waals surface area contributed by atoms with Crippen LogP contribution in [0.5, 0.6) is 0 Å². The van der Waals surface area contributed by atoms with Gasteiger partial charge in [-0.3, -0.25) is 4.98 Å². The van der Waals surface area contributed by atoms with Crippen LogP contribution in [0.25, 0.3) is 0 Å². The summed E-state index contributed by atoms with van der Waals surface area (Å²) in [5, 5.41) is 3.53. The van der Waals surface area contributed by atoms with Gasteiger partial charge in [0.05, 0.1) is 0 Å². The Morgan fingerprint density at radius 2 is 2.00 bits per heavy atom. The van der Waals surface area contributed by atoms with E-state index in [1.165, 1.54) is 25.7 Å². The molecule has 82 valence electrons. The first-order valence-electron chi connectivity index (χ1n) is 5.75. The number of aromatic nitrogens is 1. The highest BCUT2D eigenvalue weighted by Gasteiger charge is 2.15. The molecule has 1 aliphatic carbocycles. The minimum absolute atomic E-state index is 0.0913. The number of rotatable bonds is 4. The van der Waals surface area contributed by atoms with Crippen molar-refractivity contribution in [3.8, 4) is 0 Å². The summed E-state index contributed by atoms with van der Waals surface area (Å²) in [7, 11) is 0. The standard InChI is InChI=1S/C12H19N3/c13-12(10-5-7-14-8-6-10)9-15-11-3-1-2-4-11/h5-8,11-12,15H,1-4,9,13H2. The molecule has 0 aliphatic heterocycles. The molecule has 1 aromatic rings. The Balaban J connectivity index is 1.79. The van der Waals surface area contributed by atoms with Gasteiger partial charge in [0, 0.05) is 31.0 Å². The van der Waals surface area contributed by atoms with Crippen molar-refractivity contribution in [2.24, 2.45) is 5.73 Å². The topological polar surface area (TPSA) is 50.9 Å². The molecular formula is C12H19N3. The summed E-state index contributed by atoms with van der Waals surface area (Å²) in [5.74, 6) is 0. The van der Waals surface area contributed by atoms with Crippen molar-refractivity contribution in [3.63, 3.8) is 0 Å². The average molecular weight is 205 g/mol. The molecule has 1 aromatic heterocycles. The van der Waals surface area contributed by atoms with Crippen molar-refractivity contribution in [1.29, 1.82) is 0 Å². The van der Waals surface area contributed by atoms with E-state index in [0.717, 1.165) is 12.1 Å². The maximum atomic E-state index is 6.08. The molecule has 0 aromatic carbocycles. The molecule has 1 fully saturated rings. The highest BCUT2D eigenvalue weighted by Crippen LogP contribution is 2.18. The van der Waals surface area contributed by atoms with Crippen molar-refractivity contribution in [2.45, 2.75) is 37.8 Å². The Kier molecular flexibility index (Phi) is 3.69. The van der Waals surface area contributed by atoms with Crippen LogP contribution in [-0.4, -0.2) is 17.6 Å². The van der Waals surface area contributed by atoms with Gasteiger partial charge in [0.1, 0.15) is 0 Å². The van der Waals surface area contributed by atoms with Crippen LogP contribution in [-0.2, 0) is 0 Å². The minimum atomic E-state index is 0.0913. The van der Waals surface area contributed by atoms with Gasteiger partial charge < -0.3 is 11.1 Å². The summed E-state index contributed by atoms with van der Waals surface area (Å²) >= 11 is 0. The van der Waals surface area contributed by atoms with E-state index >= 15 is 0 Å². The lowest BCUT2D eigenvalue weighted by Crippen LogP contribution is -2.33. The fourth-order valence-electron chi connectivity index (χ4n) is 2.15. The molecule has 1 atom stereocenters. The zero-order valence-electron chi connectivity index (χ0n) is 9.02. The number of nitrogens with one attached hydrogen (secondary N) is 1. The first kappa shape index (κ1) is 10.6. The first-order chi connectivity index (χ1) is 7.36. The molecule has 0 saturated heterocycles. The quantitative estimate of drug-likeness (QED) is 0.785. The van der Waals surface area contributed by atoms with E-state index < -0.39 is 0 Å². The summed E-state index contributed by atoms with van der Waals surface area (Å²) in [6.45, 7) is 0.870. The zero-order chi connectivity index (χ0) is 10.5. The molecule has 3 heteroatoms. The van der Waals surface area contributed by atoms with Gasteiger partial charge in [-0.1, -0.05) is 12.8 Å². The number of hydrogen-bond donors (Lipinski definition) is 2. The summed E-state index contributed by atoms with van der Waals surface area (Å²) < 4.78 is 0. The third-order valence-electron chi connectivity index (χ3n) is 3.12. The SMILES string of the molecule is NC(CNC1CCCC1)c1ccncc1. The molecule has 1 aliphatic rings. The van der Waals surface area contributed by atoms with E-state index in [1.54, 1.807) is 12.4 Å². The third-order valence-corrected chi connectivity index (χ3v) is 3.12. The third kappa shape index (κ3) is 3.01. The van der Waals surface area contributed by atoms with Crippen molar-refractivity contribution in [1.82, 2.24) is 10.3 Å². The number of nitrogens with zero attached hydrogens (tertiary/aromatic N) is 1. The average Bonchev–Trinajstić information content (AvgIpc) is 2.80. The molecular weight excluding hydrogens is 186 g/mol. The van der Waals surface area contributed by atoms with Gasteiger partial charge in [0.25, 0.3) is 0 Å². The van der Waals surface area contributed by atoms with Crippen LogP contribution in [0.4, 0.5) is 0 Å². The minimum Gasteiger partial charge on any atom is -0.323 e. The molecule has 3 N–H and O–H groups in total. The molecule has 3 nitrogen and oxygen atoms in total.